The minimum atomic E-state index is -0.517. The Morgan fingerprint density at radius 1 is 0.594 bits per heavy atom. The Labute approximate surface area is 186 Å². The maximum Gasteiger partial charge on any atom is 0.335 e. The van der Waals surface area contributed by atoms with E-state index in [0.29, 0.717) is 11.5 Å². The highest BCUT2D eigenvalue weighted by Crippen LogP contribution is 2.14. The van der Waals surface area contributed by atoms with E-state index in [1.165, 1.54) is 0 Å². The van der Waals surface area contributed by atoms with Crippen LogP contribution in [0.2, 0.25) is 0 Å². The molecule has 0 aliphatic carbocycles. The zero-order valence-corrected chi connectivity index (χ0v) is 17.1. The number of hydrogen-bond donors (Lipinski definition) is 0. The topological polar surface area (TPSA) is 52.6 Å². The van der Waals surface area contributed by atoms with Gasteiger partial charge in [0.15, 0.2) is 0 Å². The molecular formula is C28H18O4. The summed E-state index contributed by atoms with van der Waals surface area (Å²) in [4.78, 5) is 22.6. The van der Waals surface area contributed by atoms with Crippen molar-refractivity contribution in [2.75, 3.05) is 0 Å². The van der Waals surface area contributed by atoms with Crippen molar-refractivity contribution in [3.63, 3.8) is 0 Å². The number of hydrogen-bond acceptors (Lipinski definition) is 4. The van der Waals surface area contributed by atoms with Crippen molar-refractivity contribution in [1.82, 2.24) is 0 Å². The summed E-state index contributed by atoms with van der Waals surface area (Å²) >= 11 is 0. The molecule has 0 aromatic heterocycles. The lowest BCUT2D eigenvalue weighted by atomic mass is 10.1. The SMILES string of the molecule is C=CC(=O)Oc1cccc(C#Cc2ccc(C#Cc3cccc(OC(=O)C=C)c3)cc2)c1. The van der Waals surface area contributed by atoms with Gasteiger partial charge in [-0.25, -0.2) is 9.59 Å². The number of ether oxygens (including phenoxy) is 2. The molecule has 0 saturated carbocycles. The zero-order valence-electron chi connectivity index (χ0n) is 17.1. The number of carbonyl (C=O) groups excluding carboxylic acids is 2. The van der Waals surface area contributed by atoms with Crippen LogP contribution in [0.15, 0.2) is 98.1 Å². The lowest BCUT2D eigenvalue weighted by Gasteiger charge is -2.01. The molecule has 0 aliphatic heterocycles. The highest BCUT2D eigenvalue weighted by Gasteiger charge is 2.01. The van der Waals surface area contributed by atoms with Gasteiger partial charge in [-0.3, -0.25) is 0 Å². The van der Waals surface area contributed by atoms with Crippen LogP contribution in [0.5, 0.6) is 11.5 Å². The van der Waals surface area contributed by atoms with Crippen molar-refractivity contribution in [2.45, 2.75) is 0 Å². The Morgan fingerprint density at radius 2 is 0.969 bits per heavy atom. The summed E-state index contributed by atoms with van der Waals surface area (Å²) in [5.74, 6) is 12.0. The van der Waals surface area contributed by atoms with Gasteiger partial charge >= 0.3 is 11.9 Å². The molecule has 3 aromatic carbocycles. The van der Waals surface area contributed by atoms with Gasteiger partial charge in [0.2, 0.25) is 0 Å². The summed E-state index contributed by atoms with van der Waals surface area (Å²) in [7, 11) is 0. The summed E-state index contributed by atoms with van der Waals surface area (Å²) in [5.41, 5.74) is 3.09. The number of carbonyl (C=O) groups is 2. The fourth-order valence-corrected chi connectivity index (χ4v) is 2.52. The van der Waals surface area contributed by atoms with Gasteiger partial charge in [0.1, 0.15) is 11.5 Å². The Hall–Kier alpha value is -4.80. The van der Waals surface area contributed by atoms with E-state index >= 15 is 0 Å². The van der Waals surface area contributed by atoms with Gasteiger partial charge in [-0.1, -0.05) is 49.0 Å². The smallest absolute Gasteiger partial charge is 0.335 e. The molecule has 0 bridgehead atoms. The maximum absolute atomic E-state index is 11.3. The van der Waals surface area contributed by atoms with Crippen molar-refractivity contribution in [1.29, 1.82) is 0 Å². The molecular weight excluding hydrogens is 400 g/mol. The summed E-state index contributed by atoms with van der Waals surface area (Å²) in [5, 5.41) is 0. The van der Waals surface area contributed by atoms with E-state index in [-0.39, 0.29) is 0 Å². The average Bonchev–Trinajstić information content (AvgIpc) is 2.82. The molecule has 3 rings (SSSR count). The van der Waals surface area contributed by atoms with Crippen molar-refractivity contribution >= 4 is 11.9 Å². The molecule has 0 saturated heterocycles. The van der Waals surface area contributed by atoms with Crippen LogP contribution in [0.4, 0.5) is 0 Å². The Balaban J connectivity index is 1.69. The second-order valence-corrected chi connectivity index (χ2v) is 6.38. The normalized spacial score (nSPS) is 9.25. The fourth-order valence-electron chi connectivity index (χ4n) is 2.52. The third kappa shape index (κ3) is 6.62. The van der Waals surface area contributed by atoms with Crippen LogP contribution in [0.25, 0.3) is 0 Å². The summed E-state index contributed by atoms with van der Waals surface area (Å²) in [6, 6.07) is 21.4. The third-order valence-electron chi connectivity index (χ3n) is 4.03. The molecule has 0 aliphatic rings. The molecule has 32 heavy (non-hydrogen) atoms. The Kier molecular flexibility index (Phi) is 7.41. The first-order chi connectivity index (χ1) is 15.6. The number of esters is 2. The van der Waals surface area contributed by atoms with Gasteiger partial charge in [0, 0.05) is 34.4 Å². The molecule has 4 heteroatoms. The lowest BCUT2D eigenvalue weighted by Crippen LogP contribution is -2.02. The second kappa shape index (κ2) is 10.8. The molecule has 0 spiro atoms. The summed E-state index contributed by atoms with van der Waals surface area (Å²) in [6.07, 6.45) is 2.22. The van der Waals surface area contributed by atoms with E-state index in [1.807, 2.05) is 36.4 Å². The molecule has 0 unspecified atom stereocenters. The largest absolute Gasteiger partial charge is 0.423 e. The fraction of sp³-hybridized carbons (Fsp3) is 0. The van der Waals surface area contributed by atoms with E-state index in [2.05, 4.69) is 36.8 Å². The van der Waals surface area contributed by atoms with E-state index in [4.69, 9.17) is 9.47 Å². The van der Waals surface area contributed by atoms with Crippen LogP contribution in [-0.2, 0) is 9.59 Å². The average molecular weight is 418 g/mol. The highest BCUT2D eigenvalue weighted by atomic mass is 16.5. The van der Waals surface area contributed by atoms with Crippen molar-refractivity contribution < 1.29 is 19.1 Å². The van der Waals surface area contributed by atoms with Gasteiger partial charge in [0.05, 0.1) is 0 Å². The van der Waals surface area contributed by atoms with E-state index in [9.17, 15) is 9.59 Å². The molecule has 0 atom stereocenters. The van der Waals surface area contributed by atoms with Gasteiger partial charge < -0.3 is 9.47 Å². The molecule has 4 nitrogen and oxygen atoms in total. The number of rotatable bonds is 4. The standard InChI is InChI=1S/C28H18O4/c1-3-27(29)31-25-9-5-7-23(19-25)17-15-21-11-13-22(14-12-21)16-18-24-8-6-10-26(20-24)32-28(30)4-2/h3-14,19-20H,1-2H2. The molecule has 0 N–H and O–H groups in total. The molecule has 0 radical (unpaired) electrons. The van der Waals surface area contributed by atoms with Gasteiger partial charge in [-0.15, -0.1) is 0 Å². The lowest BCUT2D eigenvalue weighted by molar-refractivity contribution is -0.129. The third-order valence-corrected chi connectivity index (χ3v) is 4.03. The maximum atomic E-state index is 11.3. The molecule has 3 aromatic rings. The van der Waals surface area contributed by atoms with Gasteiger partial charge in [0.25, 0.3) is 0 Å². The van der Waals surface area contributed by atoms with Crippen molar-refractivity contribution in [2.24, 2.45) is 0 Å². The van der Waals surface area contributed by atoms with E-state index < -0.39 is 11.9 Å². The molecule has 0 amide bonds. The summed E-state index contributed by atoms with van der Waals surface area (Å²) < 4.78 is 10.2. The van der Waals surface area contributed by atoms with Crippen LogP contribution in [-0.4, -0.2) is 11.9 Å². The van der Waals surface area contributed by atoms with Crippen molar-refractivity contribution in [3.05, 3.63) is 120 Å². The monoisotopic (exact) mass is 418 g/mol. The quantitative estimate of drug-likeness (QED) is 0.267. The Bertz CT molecular complexity index is 1190. The van der Waals surface area contributed by atoms with Crippen LogP contribution in [0.1, 0.15) is 22.3 Å². The molecule has 0 heterocycles. The highest BCUT2D eigenvalue weighted by molar-refractivity contribution is 5.83. The number of benzene rings is 3. The van der Waals surface area contributed by atoms with Gasteiger partial charge in [-0.05, 0) is 60.7 Å². The predicted molar refractivity (Wildman–Crippen MR) is 123 cm³/mol. The van der Waals surface area contributed by atoms with Crippen LogP contribution in [0.3, 0.4) is 0 Å². The minimum Gasteiger partial charge on any atom is -0.423 e. The first kappa shape index (κ1) is 21.9. The second-order valence-electron chi connectivity index (χ2n) is 6.38. The molecule has 154 valence electrons. The Morgan fingerprint density at radius 3 is 1.34 bits per heavy atom. The van der Waals surface area contributed by atoms with E-state index in [1.54, 1.807) is 36.4 Å². The van der Waals surface area contributed by atoms with E-state index in [0.717, 1.165) is 34.4 Å². The first-order valence-electron chi connectivity index (χ1n) is 9.58. The summed E-state index contributed by atoms with van der Waals surface area (Å²) in [6.45, 7) is 6.75. The van der Waals surface area contributed by atoms with Crippen LogP contribution < -0.4 is 9.47 Å². The minimum absolute atomic E-state index is 0.413. The predicted octanol–water partition coefficient (Wildman–Crippen LogP) is 4.67. The first-order valence-corrected chi connectivity index (χ1v) is 9.58. The van der Waals surface area contributed by atoms with Crippen LogP contribution in [0, 0.1) is 23.7 Å². The zero-order chi connectivity index (χ0) is 22.8. The molecule has 0 fully saturated rings. The van der Waals surface area contributed by atoms with Gasteiger partial charge in [-0.2, -0.15) is 0 Å². The van der Waals surface area contributed by atoms with Crippen molar-refractivity contribution in [3.8, 4) is 35.2 Å². The van der Waals surface area contributed by atoms with Crippen LogP contribution >= 0.6 is 0 Å².